The molecule has 6 heteroatoms. The van der Waals surface area contributed by atoms with E-state index in [2.05, 4.69) is 27.2 Å². The molecule has 1 fully saturated rings. The third kappa shape index (κ3) is 3.04. The van der Waals surface area contributed by atoms with Gasteiger partial charge >= 0.3 is 0 Å². The highest BCUT2D eigenvalue weighted by atomic mass is 16.1. The Bertz CT molecular complexity index is 922. The van der Waals surface area contributed by atoms with Gasteiger partial charge in [0, 0.05) is 18.2 Å². The molecule has 0 unspecified atom stereocenters. The number of benzene rings is 1. The van der Waals surface area contributed by atoms with Gasteiger partial charge in [-0.25, -0.2) is 4.98 Å². The summed E-state index contributed by atoms with van der Waals surface area (Å²) in [6.45, 7) is 2.68. The predicted octanol–water partition coefficient (Wildman–Crippen LogP) is 3.93. The molecule has 0 saturated heterocycles. The summed E-state index contributed by atoms with van der Waals surface area (Å²) in [6.07, 6.45) is 5.60. The molecular weight excluding hydrogens is 314 g/mol. The molecule has 1 aliphatic rings. The molecule has 0 spiro atoms. The number of hydrogen-bond donors (Lipinski definition) is 2. The molecule has 2 aromatic heterocycles. The lowest BCUT2D eigenvalue weighted by molar-refractivity contribution is 0.656. The Balaban J connectivity index is 1.80. The van der Waals surface area contributed by atoms with Crippen molar-refractivity contribution >= 4 is 22.8 Å². The lowest BCUT2D eigenvalue weighted by Crippen LogP contribution is -2.24. The summed E-state index contributed by atoms with van der Waals surface area (Å²) in [5.41, 5.74) is 1.89. The van der Waals surface area contributed by atoms with Gasteiger partial charge in [-0.2, -0.15) is 4.98 Å². The smallest absolute Gasteiger partial charge is 0.280 e. The van der Waals surface area contributed by atoms with E-state index in [9.17, 15) is 4.79 Å². The largest absolute Gasteiger partial charge is 0.336 e. The first kappa shape index (κ1) is 15.9. The van der Waals surface area contributed by atoms with Gasteiger partial charge in [-0.3, -0.25) is 9.36 Å². The Hall–Kier alpha value is -2.63. The van der Waals surface area contributed by atoms with Gasteiger partial charge in [0.2, 0.25) is 5.95 Å². The first-order chi connectivity index (χ1) is 12.3. The minimum Gasteiger partial charge on any atom is -0.336 e. The first-order valence-electron chi connectivity index (χ1n) is 9.08. The fraction of sp³-hybridized carbons (Fsp3) is 0.421. The molecule has 0 radical (unpaired) electrons. The average Bonchev–Trinajstić information content (AvgIpc) is 3.28. The maximum absolute atomic E-state index is 13.0. The van der Waals surface area contributed by atoms with E-state index in [0.717, 1.165) is 30.8 Å². The Morgan fingerprint density at radius 2 is 1.96 bits per heavy atom. The van der Waals surface area contributed by atoms with Crippen molar-refractivity contribution in [3.05, 3.63) is 46.5 Å². The van der Waals surface area contributed by atoms with E-state index < -0.39 is 0 Å². The molecule has 6 nitrogen and oxygen atoms in total. The number of aromatic nitrogens is 4. The molecule has 1 saturated carbocycles. The van der Waals surface area contributed by atoms with E-state index in [1.54, 1.807) is 4.57 Å². The van der Waals surface area contributed by atoms with Gasteiger partial charge < -0.3 is 10.3 Å². The van der Waals surface area contributed by atoms with Crippen molar-refractivity contribution in [3.63, 3.8) is 0 Å². The number of anilines is 2. The quantitative estimate of drug-likeness (QED) is 0.739. The molecular formula is C19H23N5O. The van der Waals surface area contributed by atoms with Crippen LogP contribution >= 0.6 is 0 Å². The number of nitrogens with one attached hydrogen (secondary N) is 2. The van der Waals surface area contributed by atoms with Crippen LogP contribution in [0.4, 0.5) is 11.6 Å². The number of H-pyrrole nitrogens is 1. The molecule has 0 atom stereocenters. The second-order valence-electron chi connectivity index (χ2n) is 6.69. The number of imidazole rings is 1. The molecule has 1 aliphatic carbocycles. The number of fused-ring (bicyclic) bond motifs is 1. The summed E-state index contributed by atoms with van der Waals surface area (Å²) in [6, 6.07) is 9.79. The standard InChI is InChI=1S/C19H23N5O/c1-2-12-24-18(25)15-17(22-16(21-15)13-8-6-7-9-13)23-19(24)20-14-10-4-3-5-11-14/h3-5,10-11,13H,2,6-9,12H2,1H3,(H,20,23)(H,21,22). The summed E-state index contributed by atoms with van der Waals surface area (Å²) in [5.74, 6) is 1.89. The van der Waals surface area contributed by atoms with E-state index >= 15 is 0 Å². The second kappa shape index (κ2) is 6.70. The second-order valence-corrected chi connectivity index (χ2v) is 6.69. The fourth-order valence-electron chi connectivity index (χ4n) is 3.57. The van der Waals surface area contributed by atoms with E-state index in [4.69, 9.17) is 0 Å². The van der Waals surface area contributed by atoms with Gasteiger partial charge in [0.1, 0.15) is 5.82 Å². The lowest BCUT2D eigenvalue weighted by atomic mass is 10.1. The van der Waals surface area contributed by atoms with Crippen molar-refractivity contribution in [1.82, 2.24) is 19.5 Å². The van der Waals surface area contributed by atoms with Gasteiger partial charge in [0.15, 0.2) is 11.2 Å². The van der Waals surface area contributed by atoms with Crippen LogP contribution in [0.2, 0.25) is 0 Å². The van der Waals surface area contributed by atoms with Crippen LogP contribution in [0.25, 0.3) is 11.2 Å². The minimum atomic E-state index is -0.0537. The number of aromatic amines is 1. The Morgan fingerprint density at radius 3 is 2.68 bits per heavy atom. The third-order valence-electron chi connectivity index (χ3n) is 4.85. The van der Waals surface area contributed by atoms with Gasteiger partial charge in [-0.05, 0) is 31.4 Å². The number of para-hydroxylation sites is 1. The summed E-state index contributed by atoms with van der Waals surface area (Å²) in [4.78, 5) is 25.5. The summed E-state index contributed by atoms with van der Waals surface area (Å²) < 4.78 is 1.70. The molecule has 0 bridgehead atoms. The molecule has 2 heterocycles. The molecule has 0 amide bonds. The maximum atomic E-state index is 13.0. The van der Waals surface area contributed by atoms with Crippen LogP contribution in [-0.2, 0) is 6.54 Å². The van der Waals surface area contributed by atoms with Crippen LogP contribution in [0.5, 0.6) is 0 Å². The topological polar surface area (TPSA) is 75.6 Å². The van der Waals surface area contributed by atoms with Crippen molar-refractivity contribution in [3.8, 4) is 0 Å². The van der Waals surface area contributed by atoms with Crippen molar-refractivity contribution in [1.29, 1.82) is 0 Å². The molecule has 1 aromatic carbocycles. The minimum absolute atomic E-state index is 0.0537. The van der Waals surface area contributed by atoms with Gasteiger partial charge in [0.25, 0.3) is 5.56 Å². The van der Waals surface area contributed by atoms with Gasteiger partial charge in [-0.1, -0.05) is 38.0 Å². The Kier molecular flexibility index (Phi) is 4.26. The van der Waals surface area contributed by atoms with Crippen molar-refractivity contribution in [2.75, 3.05) is 5.32 Å². The number of hydrogen-bond acceptors (Lipinski definition) is 4. The molecule has 130 valence electrons. The first-order valence-corrected chi connectivity index (χ1v) is 9.08. The van der Waals surface area contributed by atoms with Crippen LogP contribution in [0.3, 0.4) is 0 Å². The van der Waals surface area contributed by atoms with E-state index in [0.29, 0.717) is 29.6 Å². The average molecular weight is 337 g/mol. The van der Waals surface area contributed by atoms with Crippen LogP contribution < -0.4 is 10.9 Å². The zero-order chi connectivity index (χ0) is 17.2. The van der Waals surface area contributed by atoms with E-state index in [1.165, 1.54) is 12.8 Å². The highest BCUT2D eigenvalue weighted by Gasteiger charge is 2.22. The van der Waals surface area contributed by atoms with E-state index in [-0.39, 0.29) is 5.56 Å². The Labute approximate surface area is 146 Å². The molecule has 3 aromatic rings. The molecule has 4 rings (SSSR count). The monoisotopic (exact) mass is 337 g/mol. The lowest BCUT2D eigenvalue weighted by Gasteiger charge is -2.12. The van der Waals surface area contributed by atoms with Gasteiger partial charge in [0.05, 0.1) is 0 Å². The van der Waals surface area contributed by atoms with Crippen molar-refractivity contribution in [2.24, 2.45) is 0 Å². The van der Waals surface area contributed by atoms with Crippen LogP contribution in [-0.4, -0.2) is 19.5 Å². The predicted molar refractivity (Wildman–Crippen MR) is 99.4 cm³/mol. The summed E-state index contributed by atoms with van der Waals surface area (Å²) in [5, 5.41) is 3.27. The van der Waals surface area contributed by atoms with E-state index in [1.807, 2.05) is 30.3 Å². The van der Waals surface area contributed by atoms with Gasteiger partial charge in [-0.15, -0.1) is 0 Å². The van der Waals surface area contributed by atoms with Crippen LogP contribution in [0.15, 0.2) is 35.1 Å². The molecule has 25 heavy (non-hydrogen) atoms. The highest BCUT2D eigenvalue weighted by molar-refractivity contribution is 5.72. The molecule has 0 aliphatic heterocycles. The SMILES string of the molecule is CCCn1c(Nc2ccccc2)nc2nc(C3CCCC3)[nH]c2c1=O. The molecule has 2 N–H and O–H groups in total. The normalized spacial score (nSPS) is 15.1. The van der Waals surface area contributed by atoms with Crippen molar-refractivity contribution < 1.29 is 0 Å². The summed E-state index contributed by atoms with van der Waals surface area (Å²) >= 11 is 0. The highest BCUT2D eigenvalue weighted by Crippen LogP contribution is 2.32. The van der Waals surface area contributed by atoms with Crippen LogP contribution in [0.1, 0.15) is 50.8 Å². The van der Waals surface area contributed by atoms with Crippen LogP contribution in [0, 0.1) is 0 Å². The van der Waals surface area contributed by atoms with Crippen molar-refractivity contribution in [2.45, 2.75) is 51.5 Å². The maximum Gasteiger partial charge on any atom is 0.280 e. The summed E-state index contributed by atoms with van der Waals surface area (Å²) in [7, 11) is 0. The number of nitrogens with zero attached hydrogens (tertiary/aromatic N) is 3. The third-order valence-corrected chi connectivity index (χ3v) is 4.85. The Morgan fingerprint density at radius 1 is 1.20 bits per heavy atom. The fourth-order valence-corrected chi connectivity index (χ4v) is 3.57. The zero-order valence-corrected chi connectivity index (χ0v) is 14.5. The zero-order valence-electron chi connectivity index (χ0n) is 14.5. The number of rotatable bonds is 5.